The molecule has 0 N–H and O–H groups in total. The van der Waals surface area contributed by atoms with Crippen molar-refractivity contribution >= 4 is 58.6 Å². The van der Waals surface area contributed by atoms with Crippen molar-refractivity contribution in [1.29, 1.82) is 0 Å². The van der Waals surface area contributed by atoms with Gasteiger partial charge >= 0.3 is 0 Å². The first-order valence-electron chi connectivity index (χ1n) is 48.2. The number of ether oxygens (including phenoxy) is 4. The summed E-state index contributed by atoms with van der Waals surface area (Å²) >= 11 is 12.1. The Bertz CT molecular complexity index is 7100. The number of methoxy groups -OCH3 is 4. The molecule has 20 rings (SSSR count). The second-order valence-corrected chi connectivity index (χ2v) is 42.4. The van der Waals surface area contributed by atoms with E-state index in [1.807, 2.05) is 66.3 Å². The van der Waals surface area contributed by atoms with Crippen LogP contribution in [-0.4, -0.2) is 66.6 Å². The molecule has 0 saturated heterocycles. The number of rotatable bonds is 24. The van der Waals surface area contributed by atoms with Gasteiger partial charge in [-0.25, -0.2) is 59.4 Å². The number of aromatic nitrogens is 8. The van der Waals surface area contributed by atoms with E-state index < -0.39 is 23.3 Å². The van der Waals surface area contributed by atoms with Gasteiger partial charge < -0.3 is 18.9 Å². The van der Waals surface area contributed by atoms with Gasteiger partial charge in [0.1, 0.15) is 75.4 Å². The molecular weight excluding hydrogens is 1940 g/mol. The van der Waals surface area contributed by atoms with E-state index in [-0.39, 0.29) is 80.8 Å². The van der Waals surface area contributed by atoms with E-state index in [0.717, 1.165) is 212 Å². The monoisotopic (exact) mass is 2060 g/mol. The molecule has 4 aliphatic carbocycles. The maximum Gasteiger partial charge on any atom is 0.173 e. The van der Waals surface area contributed by atoms with Crippen molar-refractivity contribution in [3.8, 4) is 45.7 Å². The topological polar surface area (TPSA) is 108 Å². The van der Waals surface area contributed by atoms with E-state index in [0.29, 0.717) is 37.8 Å². The Labute approximate surface area is 865 Å². The molecule has 0 aliphatic heterocycles. The molecule has 4 heterocycles. The van der Waals surface area contributed by atoms with E-state index >= 15 is 0 Å². The van der Waals surface area contributed by atoms with Gasteiger partial charge in [-0.05, 0) is 365 Å². The van der Waals surface area contributed by atoms with E-state index in [9.17, 15) is 39.5 Å². The summed E-state index contributed by atoms with van der Waals surface area (Å²) in [6, 6.07) is 71.7. The van der Waals surface area contributed by atoms with Gasteiger partial charge in [0.25, 0.3) is 0 Å². The van der Waals surface area contributed by atoms with Gasteiger partial charge in [-0.15, -0.1) is 0 Å². The first-order valence-corrected chi connectivity index (χ1v) is 52.5. The molecule has 26 heteroatoms. The highest BCUT2D eigenvalue weighted by Crippen LogP contribution is 2.53. The summed E-state index contributed by atoms with van der Waals surface area (Å²) < 4.78 is 159. The van der Waals surface area contributed by atoms with Crippen LogP contribution in [0.5, 0.6) is 23.0 Å². The van der Waals surface area contributed by atoms with Crippen LogP contribution in [0.1, 0.15) is 210 Å². The van der Waals surface area contributed by atoms with E-state index in [2.05, 4.69) is 123 Å². The third kappa shape index (κ3) is 22.0. The first kappa shape index (κ1) is 106. The summed E-state index contributed by atoms with van der Waals surface area (Å²) in [5, 5.41) is 3.36. The molecule has 16 aromatic rings. The number of hydrogen-bond donors (Lipinski definition) is 0. The molecule has 0 spiro atoms. The number of thioether (sulfide) groups is 4. The number of nitrogens with zero attached hydrogens (tertiary/aromatic N) is 8. The third-order valence-electron chi connectivity index (χ3n) is 28.5. The van der Waals surface area contributed by atoms with Gasteiger partial charge in [0.15, 0.2) is 20.6 Å². The molecule has 3 unspecified atom stereocenters. The maximum atomic E-state index is 14.6. The van der Waals surface area contributed by atoms with Crippen LogP contribution < -0.4 is 18.9 Å². The van der Waals surface area contributed by atoms with Crippen LogP contribution in [0, 0.1) is 93.9 Å². The van der Waals surface area contributed by atoms with Crippen molar-refractivity contribution in [3.05, 3.63) is 423 Å². The van der Waals surface area contributed by atoms with Crippen molar-refractivity contribution < 1.29 is 58.5 Å². The maximum absolute atomic E-state index is 14.6. The Balaban J connectivity index is 0.000000138. The minimum absolute atomic E-state index is 0. The van der Waals surface area contributed by atoms with E-state index in [1.54, 1.807) is 103 Å². The van der Waals surface area contributed by atoms with Crippen LogP contribution in [0.4, 0.5) is 39.5 Å². The van der Waals surface area contributed by atoms with Crippen molar-refractivity contribution in [2.45, 2.75) is 219 Å². The molecule has 4 atom stereocenters. The summed E-state index contributed by atoms with van der Waals surface area (Å²) in [5.74, 6) is 0.978. The minimum atomic E-state index is -0.562. The normalized spacial score (nSPS) is 17.0. The fourth-order valence-electron chi connectivity index (χ4n) is 20.9. The minimum Gasteiger partial charge on any atom is -0.496 e. The number of hydrogen-bond acceptors (Lipinski definition) is 12. The van der Waals surface area contributed by atoms with Crippen LogP contribution in [0.25, 0.3) is 22.7 Å². The quantitative estimate of drug-likeness (QED) is 0.0425. The zero-order valence-corrected chi connectivity index (χ0v) is 87.1. The number of halogens is 10. The number of aryl methyl sites for hydroxylation is 10. The molecule has 0 amide bonds. The Morgan fingerprint density at radius 3 is 0.800 bits per heavy atom. The smallest absolute Gasteiger partial charge is 0.173 e. The zero-order chi connectivity index (χ0) is 102. The SMILES string of the molecule is C.COc1ccc(C2(C)CCCc3nc(SCc4c(F)cc(C)cc4F)n(-c4ccc(F)cc4)c32)cc1C.COc1ccc(C2(C)CCCc3nc(SCc4c(F)cc(C)cc4F)n(-c4ccc(F)cc4)c32)cc1C.COc1ccc(C2(C)CCCc3nc(SCc4ccccc4)n(-c4ccc(F)cc4)c32)cc1C.COc1ccc([C@]2(C)CCCc3nc(SCc4c(F)cccc4Cl)n(-c4ccc(F)cc4)c32)cc1C. The second-order valence-electron chi connectivity index (χ2n) is 38.2. The summed E-state index contributed by atoms with van der Waals surface area (Å²) in [6.45, 7) is 20.5. The van der Waals surface area contributed by atoms with Gasteiger partial charge in [0.05, 0.1) is 74.0 Å². The second kappa shape index (κ2) is 45.0. The highest BCUT2D eigenvalue weighted by molar-refractivity contribution is 7.99. The summed E-state index contributed by atoms with van der Waals surface area (Å²) in [6.07, 6.45) is 11.2. The van der Waals surface area contributed by atoms with Crippen LogP contribution in [0.2, 0.25) is 5.02 Å². The molecule has 4 aliphatic rings. The summed E-state index contributed by atoms with van der Waals surface area (Å²) in [7, 11) is 6.71. The van der Waals surface area contributed by atoms with E-state index in [1.165, 1.54) is 137 Å². The lowest BCUT2D eigenvalue weighted by Gasteiger charge is -2.36. The molecule has 145 heavy (non-hydrogen) atoms. The fourth-order valence-corrected chi connectivity index (χ4v) is 25.4. The average molecular weight is 2060 g/mol. The first-order chi connectivity index (χ1) is 69.2. The highest BCUT2D eigenvalue weighted by Gasteiger charge is 2.45. The van der Waals surface area contributed by atoms with Crippen LogP contribution in [0.3, 0.4) is 0 Å². The van der Waals surface area contributed by atoms with Gasteiger partial charge in [-0.2, -0.15) is 0 Å². The van der Waals surface area contributed by atoms with Crippen LogP contribution in [-0.2, 0) is 70.4 Å². The Morgan fingerprint density at radius 2 is 0.552 bits per heavy atom. The van der Waals surface area contributed by atoms with Crippen molar-refractivity contribution in [3.63, 3.8) is 0 Å². The predicted molar refractivity (Wildman–Crippen MR) is 568 cm³/mol. The highest BCUT2D eigenvalue weighted by atomic mass is 35.5. The Hall–Kier alpha value is -12.3. The number of fused-ring (bicyclic) bond motifs is 4. The lowest BCUT2D eigenvalue weighted by molar-refractivity contribution is 0.409. The van der Waals surface area contributed by atoms with Crippen molar-refractivity contribution in [1.82, 2.24) is 38.2 Å². The van der Waals surface area contributed by atoms with Crippen LogP contribution >= 0.6 is 58.6 Å². The zero-order valence-electron chi connectivity index (χ0n) is 83.0. The number of benzene rings is 12. The van der Waals surface area contributed by atoms with Gasteiger partial charge in [0.2, 0.25) is 0 Å². The molecule has 4 aromatic heterocycles. The van der Waals surface area contributed by atoms with Gasteiger partial charge in [0, 0.05) is 89.1 Å². The third-order valence-corrected chi connectivity index (χ3v) is 32.7. The standard InChI is InChI=1S/2C30H29F3N2OS.C29H27ClF2N2OS.C29H29FN2OS.CH4/c2*1-18-14-24(32)23(25(33)15-18)17-37-29-34-26-6-5-13-30(3,20-7-12-27(36-4)19(2)16-20)28(26)35(29)22-10-8-21(31)9-11-22;1-18-16-19(9-14-26(18)35-3)29(2)15-5-8-25-27(29)34(21-12-10-20(31)11-13-21)28(33-25)36-17-22-23(30)6-4-7-24(22)32;1-20-18-22(11-16-26(20)33-3)29(2)17-7-10-25-27(29)32(24-14-12-23(30)13-15-24)28(31-25)34-19-21-8-5-4-6-9-21;/h2*7-12,14-16H,5-6,13,17H2,1-4H3;4,6-7,9-14,16H,5,8,15,17H2,1-3H3;4-6,8-9,11-16,18H,7,10,17,19H2,1-3H3;1H4/t;;29-;;/m..0../s1. The van der Waals surface area contributed by atoms with Gasteiger partial charge in [-0.3, -0.25) is 18.3 Å². The molecule has 0 saturated carbocycles. The summed E-state index contributed by atoms with van der Waals surface area (Å²) in [4.78, 5) is 20.2. The number of imidazole rings is 4. The molecule has 0 fully saturated rings. The molecule has 12 aromatic carbocycles. The molecule has 0 radical (unpaired) electrons. The fraction of sp³-hybridized carbons (Fsp3) is 0.294. The summed E-state index contributed by atoms with van der Waals surface area (Å²) in [5.41, 5.74) is 22.3. The molecule has 12 nitrogen and oxygen atoms in total. The Kier molecular flexibility index (Phi) is 32.7. The lowest BCUT2D eigenvalue weighted by atomic mass is 9.71. The van der Waals surface area contributed by atoms with Crippen molar-refractivity contribution in [2.75, 3.05) is 28.4 Å². The van der Waals surface area contributed by atoms with Crippen molar-refractivity contribution in [2.24, 2.45) is 0 Å². The van der Waals surface area contributed by atoms with Gasteiger partial charge in [-0.1, -0.05) is 151 Å². The molecule has 0 bridgehead atoms. The Morgan fingerprint density at radius 1 is 0.297 bits per heavy atom. The average Bonchev–Trinajstić information content (AvgIpc) is 1.61. The molecular formula is C119H118ClF9N8O4S4. The lowest BCUT2D eigenvalue weighted by Crippen LogP contribution is -2.31. The van der Waals surface area contributed by atoms with E-state index in [4.69, 9.17) is 50.5 Å². The molecule has 752 valence electrons. The largest absolute Gasteiger partial charge is 0.496 e. The van der Waals surface area contributed by atoms with Crippen LogP contribution in [0.15, 0.2) is 263 Å². The predicted octanol–water partition coefficient (Wildman–Crippen LogP) is 31.7.